The van der Waals surface area contributed by atoms with Gasteiger partial charge in [0.05, 0.1) is 0 Å². The van der Waals surface area contributed by atoms with Crippen molar-refractivity contribution in [3.8, 4) is 0 Å². The van der Waals surface area contributed by atoms with Gasteiger partial charge in [0.2, 0.25) is 0 Å². The van der Waals surface area contributed by atoms with E-state index in [1.165, 1.54) is 12.1 Å². The highest BCUT2D eigenvalue weighted by Gasteiger charge is 2.23. The van der Waals surface area contributed by atoms with Gasteiger partial charge in [0.25, 0.3) is 11.5 Å². The fourth-order valence-electron chi connectivity index (χ4n) is 2.76. The zero-order valence-electron chi connectivity index (χ0n) is 12.9. The molecular formula is C16H17FN4O3. The van der Waals surface area contributed by atoms with Gasteiger partial charge in [0.15, 0.2) is 0 Å². The predicted octanol–water partition coefficient (Wildman–Crippen LogP) is 0.160. The maximum atomic E-state index is 13.2. The highest BCUT2D eigenvalue weighted by molar-refractivity contribution is 5.92. The molecule has 24 heavy (non-hydrogen) atoms. The van der Waals surface area contributed by atoms with Crippen LogP contribution in [-0.4, -0.2) is 51.9 Å². The molecule has 7 nitrogen and oxygen atoms in total. The minimum Gasteiger partial charge on any atom is -0.335 e. The number of piperazine rings is 1. The zero-order valence-corrected chi connectivity index (χ0v) is 12.9. The van der Waals surface area contributed by atoms with Crippen molar-refractivity contribution < 1.29 is 9.18 Å². The minimum absolute atomic E-state index is 0.0117. The fourth-order valence-corrected chi connectivity index (χ4v) is 2.76. The van der Waals surface area contributed by atoms with Gasteiger partial charge in [-0.3, -0.25) is 19.5 Å². The van der Waals surface area contributed by atoms with Crippen LogP contribution in [0.1, 0.15) is 16.1 Å². The summed E-state index contributed by atoms with van der Waals surface area (Å²) in [6.07, 6.45) is 0. The van der Waals surface area contributed by atoms with Crippen molar-refractivity contribution in [2.24, 2.45) is 0 Å². The van der Waals surface area contributed by atoms with Crippen LogP contribution in [0, 0.1) is 5.82 Å². The van der Waals surface area contributed by atoms with E-state index < -0.39 is 11.2 Å². The number of hydrogen-bond donors (Lipinski definition) is 2. The molecule has 1 aliphatic heterocycles. The van der Waals surface area contributed by atoms with Gasteiger partial charge in [0, 0.05) is 38.8 Å². The molecule has 2 N–H and O–H groups in total. The number of benzene rings is 1. The van der Waals surface area contributed by atoms with Gasteiger partial charge < -0.3 is 9.88 Å². The Balaban J connectivity index is 1.61. The lowest BCUT2D eigenvalue weighted by atomic mass is 10.2. The van der Waals surface area contributed by atoms with Gasteiger partial charge in [-0.05, 0) is 17.7 Å². The molecule has 0 aliphatic carbocycles. The first-order chi connectivity index (χ1) is 11.5. The Labute approximate surface area is 136 Å². The SMILES string of the molecule is O=C(c1cc(=O)[nH]c(=O)[nH]1)N1CCN(Cc2cccc(F)c2)CC1. The molecule has 0 spiro atoms. The zero-order chi connectivity index (χ0) is 17.1. The van der Waals surface area contributed by atoms with E-state index in [4.69, 9.17) is 0 Å². The molecule has 2 aromatic rings. The third kappa shape index (κ3) is 3.77. The Bertz CT molecular complexity index is 824. The second kappa shape index (κ2) is 6.79. The number of carbonyl (C=O) groups is 1. The van der Waals surface area contributed by atoms with E-state index in [9.17, 15) is 18.8 Å². The second-order valence-electron chi connectivity index (χ2n) is 5.70. The van der Waals surface area contributed by atoms with E-state index in [0.29, 0.717) is 32.7 Å². The van der Waals surface area contributed by atoms with E-state index in [-0.39, 0.29) is 17.4 Å². The average Bonchev–Trinajstić information content (AvgIpc) is 2.54. The first-order valence-electron chi connectivity index (χ1n) is 7.61. The van der Waals surface area contributed by atoms with Crippen LogP contribution in [0.2, 0.25) is 0 Å². The number of carbonyl (C=O) groups excluding carboxylic acids is 1. The minimum atomic E-state index is -0.699. The molecule has 1 saturated heterocycles. The normalized spacial score (nSPS) is 15.5. The van der Waals surface area contributed by atoms with Crippen LogP contribution in [0.15, 0.2) is 39.9 Å². The molecule has 0 unspecified atom stereocenters. The van der Waals surface area contributed by atoms with Crippen molar-refractivity contribution in [3.63, 3.8) is 0 Å². The summed E-state index contributed by atoms with van der Waals surface area (Å²) in [5.74, 6) is -0.636. The summed E-state index contributed by atoms with van der Waals surface area (Å²) in [5.41, 5.74) is -0.432. The molecule has 3 rings (SSSR count). The second-order valence-corrected chi connectivity index (χ2v) is 5.70. The maximum Gasteiger partial charge on any atom is 0.326 e. The summed E-state index contributed by atoms with van der Waals surface area (Å²) in [6.45, 7) is 2.83. The third-order valence-corrected chi connectivity index (χ3v) is 3.95. The molecule has 1 aromatic carbocycles. The molecule has 1 fully saturated rings. The molecule has 1 aromatic heterocycles. The van der Waals surface area contributed by atoms with Crippen molar-refractivity contribution in [3.05, 3.63) is 68.2 Å². The number of nitrogens with zero attached hydrogens (tertiary/aromatic N) is 2. The standard InChI is InChI=1S/C16H17FN4O3/c17-12-3-1-2-11(8-12)10-20-4-6-21(7-5-20)15(23)13-9-14(22)19-16(24)18-13/h1-3,8-9H,4-7,10H2,(H2,18,19,22,24). The highest BCUT2D eigenvalue weighted by atomic mass is 19.1. The lowest BCUT2D eigenvalue weighted by Gasteiger charge is -2.34. The van der Waals surface area contributed by atoms with Gasteiger partial charge >= 0.3 is 5.69 Å². The number of halogens is 1. The predicted molar refractivity (Wildman–Crippen MR) is 85.3 cm³/mol. The highest BCUT2D eigenvalue weighted by Crippen LogP contribution is 2.11. The monoisotopic (exact) mass is 332 g/mol. The molecule has 1 aliphatic rings. The van der Waals surface area contributed by atoms with Crippen LogP contribution in [0.5, 0.6) is 0 Å². The van der Waals surface area contributed by atoms with E-state index in [2.05, 4.69) is 9.88 Å². The molecule has 0 bridgehead atoms. The number of aromatic amines is 2. The lowest BCUT2D eigenvalue weighted by Crippen LogP contribution is -2.48. The topological polar surface area (TPSA) is 89.3 Å². The molecule has 0 radical (unpaired) electrons. The van der Waals surface area contributed by atoms with Crippen LogP contribution in [-0.2, 0) is 6.54 Å². The van der Waals surface area contributed by atoms with E-state index in [0.717, 1.165) is 11.6 Å². The van der Waals surface area contributed by atoms with Crippen LogP contribution in [0.4, 0.5) is 4.39 Å². The first-order valence-corrected chi connectivity index (χ1v) is 7.61. The van der Waals surface area contributed by atoms with Crippen LogP contribution in [0.3, 0.4) is 0 Å². The Morgan fingerprint density at radius 2 is 1.83 bits per heavy atom. The number of nitrogens with one attached hydrogen (secondary N) is 2. The lowest BCUT2D eigenvalue weighted by molar-refractivity contribution is 0.0622. The van der Waals surface area contributed by atoms with E-state index >= 15 is 0 Å². The summed E-state index contributed by atoms with van der Waals surface area (Å²) in [5, 5.41) is 0. The molecule has 8 heteroatoms. The number of aromatic nitrogens is 2. The number of amides is 1. The molecule has 2 heterocycles. The van der Waals surface area contributed by atoms with E-state index in [1.54, 1.807) is 11.0 Å². The van der Waals surface area contributed by atoms with Gasteiger partial charge in [-0.15, -0.1) is 0 Å². The molecule has 0 atom stereocenters. The van der Waals surface area contributed by atoms with Gasteiger partial charge in [0.1, 0.15) is 11.5 Å². The third-order valence-electron chi connectivity index (χ3n) is 3.95. The summed E-state index contributed by atoms with van der Waals surface area (Å²) in [4.78, 5) is 43.0. The Hall–Kier alpha value is -2.74. The number of rotatable bonds is 3. The van der Waals surface area contributed by atoms with Crippen LogP contribution in [0.25, 0.3) is 0 Å². The Morgan fingerprint density at radius 3 is 2.50 bits per heavy atom. The van der Waals surface area contributed by atoms with E-state index in [1.807, 2.05) is 11.1 Å². The van der Waals surface area contributed by atoms with Crippen molar-refractivity contribution >= 4 is 5.91 Å². The average molecular weight is 332 g/mol. The molecule has 0 saturated carbocycles. The van der Waals surface area contributed by atoms with Crippen molar-refractivity contribution in [1.29, 1.82) is 0 Å². The number of hydrogen-bond acceptors (Lipinski definition) is 4. The van der Waals surface area contributed by atoms with Crippen molar-refractivity contribution in [1.82, 2.24) is 19.8 Å². The summed E-state index contributed by atoms with van der Waals surface area (Å²) in [7, 11) is 0. The van der Waals surface area contributed by atoms with Gasteiger partial charge in [-0.1, -0.05) is 12.1 Å². The van der Waals surface area contributed by atoms with Crippen LogP contribution >= 0.6 is 0 Å². The molecular weight excluding hydrogens is 315 g/mol. The van der Waals surface area contributed by atoms with Crippen molar-refractivity contribution in [2.75, 3.05) is 26.2 Å². The van der Waals surface area contributed by atoms with Crippen molar-refractivity contribution in [2.45, 2.75) is 6.54 Å². The summed E-state index contributed by atoms with van der Waals surface area (Å²) in [6, 6.07) is 7.53. The van der Waals surface area contributed by atoms with Crippen LogP contribution < -0.4 is 11.2 Å². The largest absolute Gasteiger partial charge is 0.335 e. The van der Waals surface area contributed by atoms with Gasteiger partial charge in [-0.25, -0.2) is 9.18 Å². The first kappa shape index (κ1) is 16.1. The Morgan fingerprint density at radius 1 is 1.08 bits per heavy atom. The quantitative estimate of drug-likeness (QED) is 0.838. The Kier molecular flexibility index (Phi) is 4.57. The maximum absolute atomic E-state index is 13.2. The van der Waals surface area contributed by atoms with Gasteiger partial charge in [-0.2, -0.15) is 0 Å². The molecule has 126 valence electrons. The summed E-state index contributed by atoms with van der Waals surface area (Å²) < 4.78 is 13.2. The fraction of sp³-hybridized carbons (Fsp3) is 0.312. The number of H-pyrrole nitrogens is 2. The molecule has 1 amide bonds. The smallest absolute Gasteiger partial charge is 0.326 e. The summed E-state index contributed by atoms with van der Waals surface area (Å²) >= 11 is 0.